The molecular formula is C8H17N3O2. The predicted molar refractivity (Wildman–Crippen MR) is 50.6 cm³/mol. The van der Waals surface area contributed by atoms with Crippen LogP contribution in [0.5, 0.6) is 0 Å². The fourth-order valence-electron chi connectivity index (χ4n) is 0.865. The van der Waals surface area contributed by atoms with Crippen molar-refractivity contribution in [2.45, 2.75) is 32.6 Å². The zero-order chi connectivity index (χ0) is 10.1. The van der Waals surface area contributed by atoms with Crippen molar-refractivity contribution in [2.75, 3.05) is 6.54 Å². The van der Waals surface area contributed by atoms with Crippen LogP contribution in [0.4, 0.5) is 0 Å². The van der Waals surface area contributed by atoms with Gasteiger partial charge in [-0.1, -0.05) is 24.9 Å². The largest absolute Gasteiger partial charge is 0.409 e. The van der Waals surface area contributed by atoms with Crippen LogP contribution in [-0.2, 0) is 4.79 Å². The third-order valence-corrected chi connectivity index (χ3v) is 1.57. The number of hydrogen-bond donors (Lipinski definition) is 3. The first kappa shape index (κ1) is 11.7. The summed E-state index contributed by atoms with van der Waals surface area (Å²) in [5, 5.41) is 13.6. The van der Waals surface area contributed by atoms with Crippen molar-refractivity contribution in [1.82, 2.24) is 5.32 Å². The number of unbranched alkanes of at least 4 members (excludes halogenated alkanes) is 2. The fourth-order valence-corrected chi connectivity index (χ4v) is 0.865. The molecule has 0 unspecified atom stereocenters. The second-order valence-electron chi connectivity index (χ2n) is 2.83. The van der Waals surface area contributed by atoms with Crippen LogP contribution in [-0.4, -0.2) is 23.5 Å². The molecule has 13 heavy (non-hydrogen) atoms. The lowest BCUT2D eigenvalue weighted by Crippen LogP contribution is -2.29. The van der Waals surface area contributed by atoms with Crippen molar-refractivity contribution in [1.29, 1.82) is 0 Å². The number of hydrogen-bond acceptors (Lipinski definition) is 3. The highest BCUT2D eigenvalue weighted by atomic mass is 16.4. The van der Waals surface area contributed by atoms with Gasteiger partial charge in [-0.15, -0.1) is 0 Å². The van der Waals surface area contributed by atoms with E-state index in [-0.39, 0.29) is 18.2 Å². The van der Waals surface area contributed by atoms with Gasteiger partial charge in [-0.25, -0.2) is 0 Å². The van der Waals surface area contributed by atoms with Crippen molar-refractivity contribution < 1.29 is 10.0 Å². The van der Waals surface area contributed by atoms with Crippen LogP contribution < -0.4 is 11.1 Å². The lowest BCUT2D eigenvalue weighted by Gasteiger charge is -2.02. The molecule has 0 aromatic carbocycles. The minimum atomic E-state index is -0.202. The molecule has 0 fully saturated rings. The van der Waals surface area contributed by atoms with E-state index < -0.39 is 0 Å². The minimum Gasteiger partial charge on any atom is -0.409 e. The zero-order valence-corrected chi connectivity index (χ0v) is 7.92. The van der Waals surface area contributed by atoms with Gasteiger partial charge in [-0.05, 0) is 6.42 Å². The van der Waals surface area contributed by atoms with Gasteiger partial charge in [0.1, 0.15) is 5.84 Å². The van der Waals surface area contributed by atoms with Crippen LogP contribution >= 0.6 is 0 Å². The van der Waals surface area contributed by atoms with Crippen molar-refractivity contribution in [3.63, 3.8) is 0 Å². The summed E-state index contributed by atoms with van der Waals surface area (Å²) in [5.41, 5.74) is 5.14. The van der Waals surface area contributed by atoms with E-state index in [9.17, 15) is 4.79 Å². The first-order valence-corrected chi connectivity index (χ1v) is 4.43. The molecule has 0 aromatic heterocycles. The highest BCUT2D eigenvalue weighted by molar-refractivity contribution is 5.98. The molecule has 0 heterocycles. The lowest BCUT2D eigenvalue weighted by atomic mass is 10.2. The molecule has 0 bridgehead atoms. The maximum atomic E-state index is 11.0. The van der Waals surface area contributed by atoms with Gasteiger partial charge in [0.15, 0.2) is 0 Å². The molecule has 5 nitrogen and oxygen atoms in total. The highest BCUT2D eigenvalue weighted by Gasteiger charge is 2.02. The summed E-state index contributed by atoms with van der Waals surface area (Å²) in [7, 11) is 0. The van der Waals surface area contributed by atoms with Crippen LogP contribution in [0.3, 0.4) is 0 Å². The Labute approximate surface area is 78.0 Å². The number of rotatable bonds is 6. The molecule has 0 aliphatic heterocycles. The normalized spacial score (nSPS) is 11.3. The number of amidine groups is 1. The van der Waals surface area contributed by atoms with Crippen LogP contribution in [0.2, 0.25) is 0 Å². The molecule has 0 rings (SSSR count). The molecule has 0 saturated carbocycles. The zero-order valence-electron chi connectivity index (χ0n) is 7.92. The quantitative estimate of drug-likeness (QED) is 0.185. The third kappa shape index (κ3) is 7.11. The van der Waals surface area contributed by atoms with E-state index in [2.05, 4.69) is 17.4 Å². The summed E-state index contributed by atoms with van der Waals surface area (Å²) < 4.78 is 0. The molecule has 5 heteroatoms. The summed E-state index contributed by atoms with van der Waals surface area (Å²) in [6.45, 7) is 2.75. The molecule has 1 amide bonds. The van der Waals surface area contributed by atoms with E-state index in [1.807, 2.05) is 0 Å². The molecule has 0 aliphatic rings. The molecule has 0 aromatic rings. The van der Waals surface area contributed by atoms with Gasteiger partial charge in [0.05, 0.1) is 6.42 Å². The first-order valence-electron chi connectivity index (χ1n) is 4.43. The van der Waals surface area contributed by atoms with Gasteiger partial charge >= 0.3 is 0 Å². The number of nitrogens with zero attached hydrogens (tertiary/aromatic N) is 1. The van der Waals surface area contributed by atoms with E-state index in [1.165, 1.54) is 0 Å². The molecule has 0 saturated heterocycles. The second-order valence-corrected chi connectivity index (χ2v) is 2.83. The third-order valence-electron chi connectivity index (χ3n) is 1.57. The Balaban J connectivity index is 3.41. The Kier molecular flexibility index (Phi) is 6.68. The number of oxime groups is 1. The summed E-state index contributed by atoms with van der Waals surface area (Å²) in [5.74, 6) is -0.264. The van der Waals surface area contributed by atoms with Crippen LogP contribution in [0, 0.1) is 0 Å². The Morgan fingerprint density at radius 1 is 1.54 bits per heavy atom. The van der Waals surface area contributed by atoms with Gasteiger partial charge < -0.3 is 16.3 Å². The summed E-state index contributed by atoms with van der Waals surface area (Å²) >= 11 is 0. The van der Waals surface area contributed by atoms with Crippen molar-refractivity contribution in [2.24, 2.45) is 10.9 Å². The Hall–Kier alpha value is -1.26. The van der Waals surface area contributed by atoms with Gasteiger partial charge in [0, 0.05) is 6.54 Å². The average Bonchev–Trinajstić information content (AvgIpc) is 2.12. The van der Waals surface area contributed by atoms with Crippen molar-refractivity contribution >= 4 is 11.7 Å². The summed E-state index contributed by atoms with van der Waals surface area (Å²) in [6.07, 6.45) is 3.15. The van der Waals surface area contributed by atoms with Crippen molar-refractivity contribution in [3.8, 4) is 0 Å². The van der Waals surface area contributed by atoms with E-state index >= 15 is 0 Å². The maximum absolute atomic E-state index is 11.0. The molecule has 76 valence electrons. The number of amides is 1. The molecule has 0 spiro atoms. The number of nitrogens with two attached hydrogens (primary N) is 1. The highest BCUT2D eigenvalue weighted by Crippen LogP contribution is 1.91. The van der Waals surface area contributed by atoms with E-state index in [0.717, 1.165) is 19.3 Å². The maximum Gasteiger partial charge on any atom is 0.227 e. The topological polar surface area (TPSA) is 87.7 Å². The first-order chi connectivity index (χ1) is 6.20. The van der Waals surface area contributed by atoms with Crippen LogP contribution in [0.15, 0.2) is 5.16 Å². The smallest absolute Gasteiger partial charge is 0.227 e. The SMILES string of the molecule is CCCCCNC(=O)C/C(N)=N/O. The summed E-state index contributed by atoms with van der Waals surface area (Å²) in [6, 6.07) is 0. The van der Waals surface area contributed by atoms with Crippen LogP contribution in [0.25, 0.3) is 0 Å². The predicted octanol–water partition coefficient (Wildman–Crippen LogP) is 0.429. The molecule has 4 N–H and O–H groups in total. The second kappa shape index (κ2) is 7.39. The van der Waals surface area contributed by atoms with E-state index in [1.54, 1.807) is 0 Å². The standard InChI is InChI=1S/C8H17N3O2/c1-2-3-4-5-10-8(12)6-7(9)11-13/h13H,2-6H2,1H3,(H2,9,11)(H,10,12). The Morgan fingerprint density at radius 2 is 2.23 bits per heavy atom. The summed E-state index contributed by atoms with van der Waals surface area (Å²) in [4.78, 5) is 11.0. The molecule has 0 atom stereocenters. The monoisotopic (exact) mass is 187 g/mol. The van der Waals surface area contributed by atoms with E-state index in [0.29, 0.717) is 6.54 Å². The molecule has 0 radical (unpaired) electrons. The number of nitrogens with one attached hydrogen (secondary N) is 1. The van der Waals surface area contributed by atoms with Gasteiger partial charge in [0.2, 0.25) is 5.91 Å². The molecular weight excluding hydrogens is 170 g/mol. The lowest BCUT2D eigenvalue weighted by molar-refractivity contribution is -0.119. The Bertz CT molecular complexity index is 180. The average molecular weight is 187 g/mol. The fraction of sp³-hybridized carbons (Fsp3) is 0.750. The minimum absolute atomic E-state index is 0.0391. The van der Waals surface area contributed by atoms with Crippen LogP contribution in [0.1, 0.15) is 32.6 Å². The van der Waals surface area contributed by atoms with Gasteiger partial charge in [-0.3, -0.25) is 4.79 Å². The number of carbonyl (C=O) groups excluding carboxylic acids is 1. The number of carbonyl (C=O) groups is 1. The Morgan fingerprint density at radius 3 is 2.77 bits per heavy atom. The van der Waals surface area contributed by atoms with Crippen molar-refractivity contribution in [3.05, 3.63) is 0 Å². The van der Waals surface area contributed by atoms with Gasteiger partial charge in [-0.2, -0.15) is 0 Å². The molecule has 0 aliphatic carbocycles. The van der Waals surface area contributed by atoms with E-state index in [4.69, 9.17) is 10.9 Å². The van der Waals surface area contributed by atoms with Gasteiger partial charge in [0.25, 0.3) is 0 Å².